The van der Waals surface area contributed by atoms with E-state index in [-0.39, 0.29) is 29.3 Å². The van der Waals surface area contributed by atoms with Crippen LogP contribution in [0.5, 0.6) is 11.5 Å². The molecule has 1 aliphatic carbocycles. The van der Waals surface area contributed by atoms with E-state index in [2.05, 4.69) is 5.32 Å². The van der Waals surface area contributed by atoms with Crippen LogP contribution in [-0.2, 0) is 14.8 Å². The van der Waals surface area contributed by atoms with Crippen LogP contribution < -0.4 is 14.8 Å². The number of ether oxygens (including phenoxy) is 2. The summed E-state index contributed by atoms with van der Waals surface area (Å²) in [4.78, 5) is 13.0. The van der Waals surface area contributed by atoms with Crippen molar-refractivity contribution in [2.24, 2.45) is 5.92 Å². The van der Waals surface area contributed by atoms with Gasteiger partial charge in [0.05, 0.1) is 25.0 Å². The number of sulfonamides is 1. The summed E-state index contributed by atoms with van der Waals surface area (Å²) in [5.74, 6) is 0.532. The number of nitrogens with zero attached hydrogens (tertiary/aromatic N) is 1. The number of benzene rings is 1. The molecule has 0 unspecified atom stereocenters. The van der Waals surface area contributed by atoms with Crippen LogP contribution in [0, 0.1) is 5.92 Å². The van der Waals surface area contributed by atoms with E-state index in [1.807, 2.05) is 0 Å². The van der Waals surface area contributed by atoms with Crippen molar-refractivity contribution in [3.05, 3.63) is 18.2 Å². The number of methoxy groups -OCH3 is 2. The van der Waals surface area contributed by atoms with E-state index in [9.17, 15) is 13.2 Å². The van der Waals surface area contributed by atoms with Crippen LogP contribution in [0.1, 0.15) is 51.4 Å². The number of amides is 1. The minimum atomic E-state index is -3.71. The molecule has 1 saturated heterocycles. The van der Waals surface area contributed by atoms with E-state index in [0.29, 0.717) is 24.5 Å². The summed E-state index contributed by atoms with van der Waals surface area (Å²) in [6.07, 6.45) is 8.19. The molecule has 29 heavy (non-hydrogen) atoms. The van der Waals surface area contributed by atoms with Crippen LogP contribution in [0.15, 0.2) is 23.1 Å². The van der Waals surface area contributed by atoms with Crippen LogP contribution >= 0.6 is 0 Å². The van der Waals surface area contributed by atoms with Crippen molar-refractivity contribution in [3.8, 4) is 11.5 Å². The Labute approximate surface area is 173 Å². The molecule has 7 nitrogen and oxygen atoms in total. The minimum Gasteiger partial charge on any atom is -0.493 e. The van der Waals surface area contributed by atoms with Gasteiger partial charge in [0.2, 0.25) is 15.9 Å². The highest BCUT2D eigenvalue weighted by Crippen LogP contribution is 2.32. The van der Waals surface area contributed by atoms with Gasteiger partial charge in [-0.1, -0.05) is 25.7 Å². The first kappa shape index (κ1) is 21.9. The van der Waals surface area contributed by atoms with E-state index in [4.69, 9.17) is 9.47 Å². The van der Waals surface area contributed by atoms with Crippen molar-refractivity contribution in [2.75, 3.05) is 27.3 Å². The molecule has 1 aromatic carbocycles. The molecule has 0 radical (unpaired) electrons. The fourth-order valence-corrected chi connectivity index (χ4v) is 5.78. The van der Waals surface area contributed by atoms with Crippen molar-refractivity contribution >= 4 is 15.9 Å². The molecular weight excluding hydrogens is 392 g/mol. The van der Waals surface area contributed by atoms with E-state index < -0.39 is 10.0 Å². The molecule has 1 aromatic rings. The van der Waals surface area contributed by atoms with Crippen molar-refractivity contribution < 1.29 is 22.7 Å². The molecule has 3 rings (SSSR count). The normalized spacial score (nSPS) is 21.9. The summed E-state index contributed by atoms with van der Waals surface area (Å²) < 4.78 is 38.2. The molecular formula is C21H32N2O5S. The molecule has 1 aliphatic heterocycles. The monoisotopic (exact) mass is 424 g/mol. The second kappa shape index (κ2) is 9.80. The highest BCUT2D eigenvalue weighted by molar-refractivity contribution is 7.89. The maximum atomic E-state index is 13.2. The lowest BCUT2D eigenvalue weighted by molar-refractivity contribution is -0.126. The molecule has 2 aliphatic rings. The Kier molecular flexibility index (Phi) is 7.40. The number of carbonyl (C=O) groups is 1. The number of hydrogen-bond acceptors (Lipinski definition) is 5. The number of hydrogen-bond donors (Lipinski definition) is 1. The quantitative estimate of drug-likeness (QED) is 0.710. The zero-order chi connectivity index (χ0) is 20.9. The number of carbonyl (C=O) groups excluding carboxylic acids is 1. The molecule has 0 bridgehead atoms. The van der Waals surface area contributed by atoms with E-state index in [1.165, 1.54) is 43.5 Å². The van der Waals surface area contributed by atoms with Crippen molar-refractivity contribution in [1.29, 1.82) is 0 Å². The van der Waals surface area contributed by atoms with Gasteiger partial charge in [-0.2, -0.15) is 4.31 Å². The van der Waals surface area contributed by atoms with Gasteiger partial charge in [0, 0.05) is 25.2 Å². The van der Waals surface area contributed by atoms with Crippen molar-refractivity contribution in [1.82, 2.24) is 9.62 Å². The third kappa shape index (κ3) is 5.22. The smallest absolute Gasteiger partial charge is 0.243 e. The number of rotatable bonds is 6. The van der Waals surface area contributed by atoms with Crippen molar-refractivity contribution in [3.63, 3.8) is 0 Å². The van der Waals surface area contributed by atoms with E-state index >= 15 is 0 Å². The summed E-state index contributed by atoms with van der Waals surface area (Å²) in [7, 11) is -0.724. The van der Waals surface area contributed by atoms with Crippen LogP contribution in [0.4, 0.5) is 0 Å². The lowest BCUT2D eigenvalue weighted by Crippen LogP contribution is -2.47. The summed E-state index contributed by atoms with van der Waals surface area (Å²) in [5, 5.41) is 3.18. The Morgan fingerprint density at radius 1 is 1.00 bits per heavy atom. The van der Waals surface area contributed by atoms with Crippen LogP contribution in [0.25, 0.3) is 0 Å². The predicted octanol–water partition coefficient (Wildman–Crippen LogP) is 2.94. The second-order valence-corrected chi connectivity index (χ2v) is 9.85. The largest absolute Gasteiger partial charge is 0.493 e. The van der Waals surface area contributed by atoms with Gasteiger partial charge in [0.25, 0.3) is 0 Å². The van der Waals surface area contributed by atoms with Crippen LogP contribution in [0.3, 0.4) is 0 Å². The fourth-order valence-electron chi connectivity index (χ4n) is 4.24. The van der Waals surface area contributed by atoms with Gasteiger partial charge in [-0.15, -0.1) is 0 Å². The molecule has 1 heterocycles. The SMILES string of the molecule is COc1ccc(S(=O)(=O)N2CCC[C@H](C(=O)NC3CCCCCC3)C2)cc1OC. The Morgan fingerprint density at radius 2 is 1.69 bits per heavy atom. The highest BCUT2D eigenvalue weighted by atomic mass is 32.2. The molecule has 2 fully saturated rings. The average molecular weight is 425 g/mol. The average Bonchev–Trinajstić information content (AvgIpc) is 3.01. The molecule has 0 spiro atoms. The van der Waals surface area contributed by atoms with Gasteiger partial charge in [-0.3, -0.25) is 4.79 Å². The van der Waals surface area contributed by atoms with E-state index in [1.54, 1.807) is 6.07 Å². The maximum absolute atomic E-state index is 13.2. The zero-order valence-electron chi connectivity index (χ0n) is 17.4. The Hall–Kier alpha value is -1.80. The summed E-state index contributed by atoms with van der Waals surface area (Å²) in [6.45, 7) is 0.638. The van der Waals surface area contributed by atoms with Gasteiger partial charge in [0.15, 0.2) is 11.5 Å². The van der Waals surface area contributed by atoms with Crippen LogP contribution in [-0.4, -0.2) is 52.0 Å². The highest BCUT2D eigenvalue weighted by Gasteiger charge is 2.34. The topological polar surface area (TPSA) is 84.9 Å². The molecule has 1 atom stereocenters. The molecule has 1 amide bonds. The Morgan fingerprint density at radius 3 is 2.34 bits per heavy atom. The Balaban J connectivity index is 1.69. The van der Waals surface area contributed by atoms with Gasteiger partial charge in [0.1, 0.15) is 0 Å². The fraction of sp³-hybridized carbons (Fsp3) is 0.667. The molecule has 8 heteroatoms. The number of nitrogens with one attached hydrogen (secondary N) is 1. The first-order chi connectivity index (χ1) is 14.0. The van der Waals surface area contributed by atoms with Crippen LogP contribution in [0.2, 0.25) is 0 Å². The summed E-state index contributed by atoms with van der Waals surface area (Å²) >= 11 is 0. The summed E-state index contributed by atoms with van der Waals surface area (Å²) in [6, 6.07) is 4.81. The van der Waals surface area contributed by atoms with E-state index in [0.717, 1.165) is 32.1 Å². The lowest BCUT2D eigenvalue weighted by atomic mass is 9.97. The third-order valence-electron chi connectivity index (χ3n) is 5.95. The third-order valence-corrected chi connectivity index (χ3v) is 7.81. The summed E-state index contributed by atoms with van der Waals surface area (Å²) in [5.41, 5.74) is 0. The standard InChI is InChI=1S/C21H32N2O5S/c1-27-19-12-11-18(14-20(19)28-2)29(25,26)23-13-7-8-16(15-23)21(24)22-17-9-5-3-4-6-10-17/h11-12,14,16-17H,3-10,13,15H2,1-2H3,(H,22,24)/t16-/m0/s1. The first-order valence-corrected chi connectivity index (χ1v) is 11.9. The molecule has 162 valence electrons. The minimum absolute atomic E-state index is 0.0101. The number of piperidine rings is 1. The second-order valence-electron chi connectivity index (χ2n) is 7.92. The van der Waals surface area contributed by atoms with Gasteiger partial charge in [-0.25, -0.2) is 8.42 Å². The van der Waals surface area contributed by atoms with Gasteiger partial charge >= 0.3 is 0 Å². The first-order valence-electron chi connectivity index (χ1n) is 10.5. The molecule has 0 aromatic heterocycles. The lowest BCUT2D eigenvalue weighted by Gasteiger charge is -2.32. The maximum Gasteiger partial charge on any atom is 0.243 e. The zero-order valence-corrected chi connectivity index (χ0v) is 18.2. The van der Waals surface area contributed by atoms with Crippen molar-refractivity contribution in [2.45, 2.75) is 62.3 Å². The van der Waals surface area contributed by atoms with Gasteiger partial charge in [-0.05, 0) is 37.8 Å². The molecule has 1 saturated carbocycles. The predicted molar refractivity (Wildman–Crippen MR) is 111 cm³/mol. The Bertz CT molecular complexity index is 803. The molecule has 1 N–H and O–H groups in total. The van der Waals surface area contributed by atoms with Gasteiger partial charge < -0.3 is 14.8 Å².